The number of benzene rings is 1. The van der Waals surface area contributed by atoms with E-state index in [-0.39, 0.29) is 18.5 Å². The molecular weight excluding hydrogens is 312 g/mol. The molecule has 0 spiro atoms. The van der Waals surface area contributed by atoms with E-state index in [0.29, 0.717) is 11.1 Å². The molecule has 2 rings (SSSR count). The third-order valence-corrected chi connectivity index (χ3v) is 2.94. The highest BCUT2D eigenvalue weighted by Gasteiger charge is 2.24. The van der Waals surface area contributed by atoms with Crippen LogP contribution in [0, 0.1) is 5.92 Å². The number of anilines is 1. The molecule has 1 aromatic heterocycles. The predicted molar refractivity (Wildman–Crippen MR) is 90.6 cm³/mol. The minimum absolute atomic E-state index is 0.164. The number of hydrogen-bond acceptors (Lipinski definition) is 7. The Labute approximate surface area is 141 Å². The fraction of sp³-hybridized carbons (Fsp3) is 0.471. The van der Waals surface area contributed by atoms with Crippen molar-refractivity contribution in [3.63, 3.8) is 0 Å². The Hall–Kier alpha value is -2.57. The van der Waals surface area contributed by atoms with Crippen molar-refractivity contribution in [1.29, 1.82) is 0 Å². The average molecular weight is 336 g/mol. The molecule has 1 aromatic carbocycles. The molecule has 1 N–H and O–H groups in total. The zero-order valence-electron chi connectivity index (χ0n) is 14.7. The number of oxazole rings is 1. The van der Waals surface area contributed by atoms with Gasteiger partial charge in [-0.1, -0.05) is 39.8 Å². The Bertz CT molecular complexity index is 633. The molecule has 24 heavy (non-hydrogen) atoms. The average Bonchev–Trinajstić information content (AvgIpc) is 3.01. The highest BCUT2D eigenvalue weighted by molar-refractivity contribution is 5.80. The van der Waals surface area contributed by atoms with Gasteiger partial charge in [-0.15, -0.1) is 0 Å². The fourth-order valence-electron chi connectivity index (χ4n) is 1.73. The zero-order chi connectivity index (χ0) is 18.1. The lowest BCUT2D eigenvalue weighted by Gasteiger charge is -2.16. The standard InChI is InChI=1S/C15H18N2O5.C2H6/c1-9(2)13(18)21-8-11(14(19)20-3)17-15-16-10-6-4-5-7-12(10)22-15;1-2/h4-7,9,11H,8H2,1-3H3,(H,16,17);1-2H3. The third kappa shape index (κ3) is 5.26. The van der Waals surface area contributed by atoms with Gasteiger partial charge in [-0.2, -0.15) is 4.98 Å². The Kier molecular flexibility index (Phi) is 7.74. The molecule has 7 nitrogen and oxygen atoms in total. The lowest BCUT2D eigenvalue weighted by molar-refractivity contribution is -0.151. The molecule has 0 saturated carbocycles. The lowest BCUT2D eigenvalue weighted by Crippen LogP contribution is -2.36. The van der Waals surface area contributed by atoms with Crippen LogP contribution in [-0.2, 0) is 19.1 Å². The zero-order valence-corrected chi connectivity index (χ0v) is 14.7. The maximum atomic E-state index is 11.8. The smallest absolute Gasteiger partial charge is 0.332 e. The van der Waals surface area contributed by atoms with E-state index in [1.165, 1.54) is 7.11 Å². The summed E-state index contributed by atoms with van der Waals surface area (Å²) in [6.45, 7) is 7.26. The van der Waals surface area contributed by atoms with Gasteiger partial charge in [0.2, 0.25) is 0 Å². The predicted octanol–water partition coefficient (Wildman–Crippen LogP) is 3.01. The van der Waals surface area contributed by atoms with Gasteiger partial charge in [0, 0.05) is 0 Å². The summed E-state index contributed by atoms with van der Waals surface area (Å²) >= 11 is 0. The maximum absolute atomic E-state index is 11.8. The number of rotatable bonds is 6. The van der Waals surface area contributed by atoms with Gasteiger partial charge in [-0.05, 0) is 12.1 Å². The van der Waals surface area contributed by atoms with Crippen molar-refractivity contribution >= 4 is 29.1 Å². The molecule has 1 unspecified atom stereocenters. The molecule has 0 radical (unpaired) electrons. The van der Waals surface area contributed by atoms with Crippen LogP contribution in [0.2, 0.25) is 0 Å². The van der Waals surface area contributed by atoms with Crippen molar-refractivity contribution in [2.24, 2.45) is 5.92 Å². The molecule has 0 aliphatic rings. The van der Waals surface area contributed by atoms with Gasteiger partial charge in [0.25, 0.3) is 6.01 Å². The summed E-state index contributed by atoms with van der Waals surface area (Å²) in [6, 6.07) is 6.48. The van der Waals surface area contributed by atoms with Crippen molar-refractivity contribution in [3.05, 3.63) is 24.3 Å². The van der Waals surface area contributed by atoms with E-state index in [4.69, 9.17) is 9.15 Å². The van der Waals surface area contributed by atoms with Crippen molar-refractivity contribution in [2.75, 3.05) is 19.0 Å². The minimum atomic E-state index is -0.888. The van der Waals surface area contributed by atoms with Gasteiger partial charge in [0.05, 0.1) is 13.0 Å². The minimum Gasteiger partial charge on any atom is -0.467 e. The SMILES string of the molecule is CC.COC(=O)C(COC(=O)C(C)C)Nc1nc2ccccc2o1. The van der Waals surface area contributed by atoms with E-state index in [9.17, 15) is 9.59 Å². The summed E-state index contributed by atoms with van der Waals surface area (Å²) in [6.07, 6.45) is 0. The molecule has 0 aliphatic heterocycles. The molecule has 0 saturated heterocycles. The number of aromatic nitrogens is 1. The van der Waals surface area contributed by atoms with Crippen molar-refractivity contribution in [3.8, 4) is 0 Å². The molecule has 0 aliphatic carbocycles. The van der Waals surface area contributed by atoms with Crippen LogP contribution in [-0.4, -0.2) is 36.7 Å². The first-order valence-electron chi connectivity index (χ1n) is 7.88. The number of fused-ring (bicyclic) bond motifs is 1. The van der Waals surface area contributed by atoms with Crippen LogP contribution >= 0.6 is 0 Å². The molecule has 0 bridgehead atoms. The molecule has 132 valence electrons. The summed E-state index contributed by atoms with van der Waals surface area (Å²) in [7, 11) is 1.26. The molecule has 1 atom stereocenters. The summed E-state index contributed by atoms with van der Waals surface area (Å²) in [5, 5.41) is 2.78. The molecule has 1 heterocycles. The Balaban J connectivity index is 0.00000139. The van der Waals surface area contributed by atoms with Gasteiger partial charge in [-0.3, -0.25) is 4.79 Å². The summed E-state index contributed by atoms with van der Waals surface area (Å²) in [5.41, 5.74) is 1.25. The lowest BCUT2D eigenvalue weighted by atomic mass is 10.2. The number of para-hydroxylation sites is 2. The largest absolute Gasteiger partial charge is 0.467 e. The molecule has 2 aromatic rings. The van der Waals surface area contributed by atoms with Crippen LogP contribution in [0.25, 0.3) is 11.1 Å². The van der Waals surface area contributed by atoms with Crippen molar-refractivity contribution in [1.82, 2.24) is 4.98 Å². The second-order valence-corrected chi connectivity index (χ2v) is 4.99. The highest BCUT2D eigenvalue weighted by atomic mass is 16.5. The Morgan fingerprint density at radius 1 is 1.21 bits per heavy atom. The molecule has 0 fully saturated rings. The van der Waals surface area contributed by atoms with E-state index >= 15 is 0 Å². The summed E-state index contributed by atoms with van der Waals surface area (Å²) in [4.78, 5) is 27.5. The van der Waals surface area contributed by atoms with E-state index < -0.39 is 18.0 Å². The van der Waals surface area contributed by atoms with Crippen LogP contribution in [0.5, 0.6) is 0 Å². The normalized spacial score (nSPS) is 11.4. The van der Waals surface area contributed by atoms with Crippen LogP contribution in [0.15, 0.2) is 28.7 Å². The first-order valence-corrected chi connectivity index (χ1v) is 7.88. The number of esters is 2. The van der Waals surface area contributed by atoms with Gasteiger partial charge in [0.15, 0.2) is 11.6 Å². The third-order valence-electron chi connectivity index (χ3n) is 2.94. The number of methoxy groups -OCH3 is 1. The molecule has 0 amide bonds. The van der Waals surface area contributed by atoms with Gasteiger partial charge in [-0.25, -0.2) is 4.79 Å². The summed E-state index contributed by atoms with van der Waals surface area (Å²) < 4.78 is 15.2. The quantitative estimate of drug-likeness (QED) is 0.811. The number of hydrogen-bond donors (Lipinski definition) is 1. The monoisotopic (exact) mass is 336 g/mol. The highest BCUT2D eigenvalue weighted by Crippen LogP contribution is 2.19. The fourth-order valence-corrected chi connectivity index (χ4v) is 1.73. The van der Waals surface area contributed by atoms with Crippen LogP contribution in [0.4, 0.5) is 6.01 Å². The van der Waals surface area contributed by atoms with E-state index in [0.717, 1.165) is 0 Å². The van der Waals surface area contributed by atoms with Crippen molar-refractivity contribution < 1.29 is 23.5 Å². The number of carbonyl (C=O) groups is 2. The van der Waals surface area contributed by atoms with Crippen LogP contribution < -0.4 is 5.32 Å². The second-order valence-electron chi connectivity index (χ2n) is 4.99. The topological polar surface area (TPSA) is 90.7 Å². The van der Waals surface area contributed by atoms with Gasteiger partial charge >= 0.3 is 11.9 Å². The summed E-state index contributed by atoms with van der Waals surface area (Å²) in [5.74, 6) is -1.24. The van der Waals surface area contributed by atoms with Crippen molar-refractivity contribution in [2.45, 2.75) is 33.7 Å². The molecular formula is C17H24N2O5. The van der Waals surface area contributed by atoms with Gasteiger partial charge in [0.1, 0.15) is 12.1 Å². The second kappa shape index (κ2) is 9.54. The number of nitrogens with one attached hydrogen (secondary N) is 1. The van der Waals surface area contributed by atoms with E-state index in [1.807, 2.05) is 26.0 Å². The first-order chi connectivity index (χ1) is 11.5. The van der Waals surface area contributed by atoms with Crippen LogP contribution in [0.3, 0.4) is 0 Å². The Morgan fingerprint density at radius 2 is 1.88 bits per heavy atom. The number of ether oxygens (including phenoxy) is 2. The maximum Gasteiger partial charge on any atom is 0.332 e. The first kappa shape index (κ1) is 19.5. The number of carbonyl (C=O) groups excluding carboxylic acids is 2. The Morgan fingerprint density at radius 3 is 2.46 bits per heavy atom. The molecule has 7 heteroatoms. The van der Waals surface area contributed by atoms with Gasteiger partial charge < -0.3 is 19.2 Å². The van der Waals surface area contributed by atoms with E-state index in [2.05, 4.69) is 15.0 Å². The number of nitrogens with zero attached hydrogens (tertiary/aromatic N) is 1. The van der Waals surface area contributed by atoms with E-state index in [1.54, 1.807) is 26.0 Å². The van der Waals surface area contributed by atoms with Crippen LogP contribution in [0.1, 0.15) is 27.7 Å².